The number of nitrogens with one attached hydrogen (secondary N) is 3. The van der Waals surface area contributed by atoms with Crippen LogP contribution in [0.4, 0.5) is 11.4 Å². The fraction of sp³-hybridized carbons (Fsp3) is 0.263. The van der Waals surface area contributed by atoms with Gasteiger partial charge in [0.05, 0.1) is 17.0 Å². The number of hydrogen-bond acceptors (Lipinski definition) is 4. The Bertz CT molecular complexity index is 889. The van der Waals surface area contributed by atoms with Crippen LogP contribution in [0, 0.1) is 0 Å². The molecule has 0 spiro atoms. The quantitative estimate of drug-likeness (QED) is 0.624. The maximum Gasteiger partial charge on any atom is 0.251 e. The monoisotopic (exact) mass is 407 g/mol. The number of halogens is 2. The molecule has 2 aromatic carbocycles. The van der Waals surface area contributed by atoms with Gasteiger partial charge in [-0.15, -0.1) is 0 Å². The third-order valence-corrected chi connectivity index (χ3v) is 5.00. The lowest BCUT2D eigenvalue weighted by atomic mass is 9.95. The number of carbonyl (C=O) groups excluding carboxylic acids is 2. The van der Waals surface area contributed by atoms with Crippen LogP contribution >= 0.6 is 23.2 Å². The first kappa shape index (κ1) is 19.5. The molecule has 0 aromatic heterocycles. The first-order valence-corrected chi connectivity index (χ1v) is 9.07. The van der Waals surface area contributed by atoms with E-state index < -0.39 is 11.6 Å². The van der Waals surface area contributed by atoms with E-state index in [0.29, 0.717) is 32.5 Å². The van der Waals surface area contributed by atoms with Gasteiger partial charge >= 0.3 is 0 Å². The first-order valence-electron chi connectivity index (χ1n) is 8.32. The van der Waals surface area contributed by atoms with Crippen molar-refractivity contribution in [2.24, 2.45) is 0 Å². The largest absolute Gasteiger partial charge is 0.388 e. The molecule has 0 bridgehead atoms. The van der Waals surface area contributed by atoms with E-state index >= 15 is 0 Å². The number of hydrogen-bond donors (Lipinski definition) is 4. The van der Waals surface area contributed by atoms with Crippen molar-refractivity contribution in [2.45, 2.75) is 32.0 Å². The summed E-state index contributed by atoms with van der Waals surface area (Å²) < 4.78 is 0. The summed E-state index contributed by atoms with van der Waals surface area (Å²) in [4.78, 5) is 24.7. The van der Waals surface area contributed by atoms with Crippen LogP contribution in [0.5, 0.6) is 0 Å². The minimum absolute atomic E-state index is 0.180. The second kappa shape index (κ2) is 7.38. The van der Waals surface area contributed by atoms with Crippen molar-refractivity contribution in [3.8, 4) is 0 Å². The molecule has 1 aliphatic rings. The SMILES string of the molecule is CC(C)(O)[C@@H]1Nc2ccc(C(=O)NCc3c(Cl)cccc3Cl)cc2NC1=O. The molecule has 4 N–H and O–H groups in total. The number of aliphatic hydroxyl groups is 1. The van der Waals surface area contributed by atoms with Gasteiger partial charge in [0.1, 0.15) is 6.04 Å². The molecule has 3 rings (SSSR count). The molecule has 0 aliphatic carbocycles. The fourth-order valence-corrected chi connectivity index (χ4v) is 3.34. The third-order valence-electron chi connectivity index (χ3n) is 4.30. The maximum absolute atomic E-state index is 12.5. The maximum atomic E-state index is 12.5. The smallest absolute Gasteiger partial charge is 0.251 e. The van der Waals surface area contributed by atoms with Crippen molar-refractivity contribution in [3.63, 3.8) is 0 Å². The summed E-state index contributed by atoms with van der Waals surface area (Å²) in [6, 6.07) is 9.24. The second-order valence-corrected chi connectivity index (χ2v) is 7.68. The zero-order valence-corrected chi connectivity index (χ0v) is 16.3. The van der Waals surface area contributed by atoms with Gasteiger partial charge in [0.15, 0.2) is 0 Å². The molecular weight excluding hydrogens is 389 g/mol. The Morgan fingerprint density at radius 2 is 1.85 bits per heavy atom. The average molecular weight is 408 g/mol. The van der Waals surface area contributed by atoms with Crippen LogP contribution in [-0.4, -0.2) is 28.6 Å². The lowest BCUT2D eigenvalue weighted by Gasteiger charge is -2.34. The average Bonchev–Trinajstić information content (AvgIpc) is 2.59. The molecular formula is C19H19Cl2N3O3. The van der Waals surface area contributed by atoms with Gasteiger partial charge in [-0.2, -0.15) is 0 Å². The fourth-order valence-electron chi connectivity index (χ4n) is 2.81. The summed E-state index contributed by atoms with van der Waals surface area (Å²) in [5.41, 5.74) is 0.888. The van der Waals surface area contributed by atoms with Crippen molar-refractivity contribution in [2.75, 3.05) is 10.6 Å². The van der Waals surface area contributed by atoms with Crippen LogP contribution in [0.2, 0.25) is 10.0 Å². The van der Waals surface area contributed by atoms with Crippen molar-refractivity contribution in [1.29, 1.82) is 0 Å². The Hall–Kier alpha value is -2.28. The number of carbonyl (C=O) groups is 2. The Kier molecular flexibility index (Phi) is 5.33. The van der Waals surface area contributed by atoms with Crippen LogP contribution in [0.15, 0.2) is 36.4 Å². The zero-order chi connectivity index (χ0) is 19.8. The molecule has 2 aromatic rings. The van der Waals surface area contributed by atoms with Crippen LogP contribution in [0.25, 0.3) is 0 Å². The minimum Gasteiger partial charge on any atom is -0.388 e. The lowest BCUT2D eigenvalue weighted by molar-refractivity contribution is -0.121. The molecule has 0 saturated heterocycles. The summed E-state index contributed by atoms with van der Waals surface area (Å²) in [5, 5.41) is 19.5. The van der Waals surface area contributed by atoms with Crippen molar-refractivity contribution < 1.29 is 14.7 Å². The molecule has 0 unspecified atom stereocenters. The van der Waals surface area contributed by atoms with Gasteiger partial charge in [-0.3, -0.25) is 9.59 Å². The van der Waals surface area contributed by atoms with Gasteiger partial charge in [0.2, 0.25) is 5.91 Å². The standard InChI is InChI=1S/C19H19Cl2N3O3/c1-19(2,27)16-18(26)24-15-8-10(6-7-14(15)23-16)17(25)22-9-11-12(20)4-3-5-13(11)21/h3-8,16,23,27H,9H2,1-2H3,(H,22,25)(H,24,26)/t16-/m1/s1. The Morgan fingerprint density at radius 3 is 2.48 bits per heavy atom. The molecule has 8 heteroatoms. The number of amides is 2. The van der Waals surface area contributed by atoms with E-state index in [2.05, 4.69) is 16.0 Å². The predicted octanol–water partition coefficient (Wildman–Crippen LogP) is 3.43. The van der Waals surface area contributed by atoms with E-state index in [1.165, 1.54) is 0 Å². The molecule has 2 amide bonds. The van der Waals surface area contributed by atoms with E-state index in [1.807, 2.05) is 0 Å². The molecule has 1 atom stereocenters. The molecule has 142 valence electrons. The van der Waals surface area contributed by atoms with Crippen molar-refractivity contribution in [1.82, 2.24) is 5.32 Å². The van der Waals surface area contributed by atoms with Crippen molar-refractivity contribution in [3.05, 3.63) is 57.6 Å². The van der Waals surface area contributed by atoms with E-state index in [9.17, 15) is 14.7 Å². The van der Waals surface area contributed by atoms with E-state index in [1.54, 1.807) is 50.2 Å². The minimum atomic E-state index is -1.23. The van der Waals surface area contributed by atoms with Crippen LogP contribution < -0.4 is 16.0 Å². The van der Waals surface area contributed by atoms with Gasteiger partial charge in [0.25, 0.3) is 5.91 Å². The normalized spacial score (nSPS) is 16.2. The summed E-state index contributed by atoms with van der Waals surface area (Å²) in [6.07, 6.45) is 0. The van der Waals surface area contributed by atoms with E-state index in [4.69, 9.17) is 23.2 Å². The Labute approximate surface area is 166 Å². The molecule has 6 nitrogen and oxygen atoms in total. The van der Waals surface area contributed by atoms with Gasteiger partial charge in [-0.25, -0.2) is 0 Å². The molecule has 0 saturated carbocycles. The predicted molar refractivity (Wildman–Crippen MR) is 106 cm³/mol. The molecule has 27 heavy (non-hydrogen) atoms. The highest BCUT2D eigenvalue weighted by Gasteiger charge is 2.37. The highest BCUT2D eigenvalue weighted by molar-refractivity contribution is 6.36. The van der Waals surface area contributed by atoms with Crippen LogP contribution in [-0.2, 0) is 11.3 Å². The second-order valence-electron chi connectivity index (χ2n) is 6.86. The van der Waals surface area contributed by atoms with E-state index in [-0.39, 0.29) is 18.4 Å². The van der Waals surface area contributed by atoms with Gasteiger partial charge < -0.3 is 21.1 Å². The Morgan fingerprint density at radius 1 is 1.19 bits per heavy atom. The lowest BCUT2D eigenvalue weighted by Crippen LogP contribution is -2.52. The first-order chi connectivity index (χ1) is 12.7. The summed E-state index contributed by atoms with van der Waals surface area (Å²) in [6.45, 7) is 3.29. The number of fused-ring (bicyclic) bond motifs is 1. The summed E-state index contributed by atoms with van der Waals surface area (Å²) in [7, 11) is 0. The zero-order valence-electron chi connectivity index (χ0n) is 14.8. The molecule has 0 radical (unpaired) electrons. The van der Waals surface area contributed by atoms with Crippen molar-refractivity contribution >= 4 is 46.4 Å². The van der Waals surface area contributed by atoms with Crippen LogP contribution in [0.1, 0.15) is 29.8 Å². The summed E-state index contributed by atoms with van der Waals surface area (Å²) >= 11 is 12.2. The number of rotatable bonds is 4. The topological polar surface area (TPSA) is 90.5 Å². The third kappa shape index (κ3) is 4.18. The molecule has 0 fully saturated rings. The van der Waals surface area contributed by atoms with Gasteiger partial charge in [0, 0.05) is 27.7 Å². The van der Waals surface area contributed by atoms with Gasteiger partial charge in [-0.05, 0) is 44.2 Å². The molecule has 1 aliphatic heterocycles. The van der Waals surface area contributed by atoms with E-state index in [0.717, 1.165) is 0 Å². The Balaban J connectivity index is 1.75. The molecule has 1 heterocycles. The van der Waals surface area contributed by atoms with Crippen LogP contribution in [0.3, 0.4) is 0 Å². The summed E-state index contributed by atoms with van der Waals surface area (Å²) in [5.74, 6) is -0.692. The van der Waals surface area contributed by atoms with Gasteiger partial charge in [-0.1, -0.05) is 29.3 Å². The highest BCUT2D eigenvalue weighted by Crippen LogP contribution is 2.31. The number of anilines is 2. The number of benzene rings is 2. The highest BCUT2D eigenvalue weighted by atomic mass is 35.5.